The van der Waals surface area contributed by atoms with Gasteiger partial charge >= 0.3 is 5.97 Å². The fourth-order valence-electron chi connectivity index (χ4n) is 4.12. The van der Waals surface area contributed by atoms with E-state index in [9.17, 15) is 23.1 Å². The maximum Gasteiger partial charge on any atom is 0.337 e. The van der Waals surface area contributed by atoms with Crippen molar-refractivity contribution >= 4 is 27.6 Å². The number of carbonyl (C=O) groups excluding carboxylic acids is 1. The van der Waals surface area contributed by atoms with Crippen molar-refractivity contribution in [2.75, 3.05) is 5.32 Å². The van der Waals surface area contributed by atoms with Crippen LogP contribution >= 0.6 is 0 Å². The molecule has 0 bridgehead atoms. The highest BCUT2D eigenvalue weighted by atomic mass is 32.2. The second-order valence-electron chi connectivity index (χ2n) is 9.00. The lowest BCUT2D eigenvalue weighted by atomic mass is 10.1. The summed E-state index contributed by atoms with van der Waals surface area (Å²) in [6.45, 7) is 2.97. The van der Waals surface area contributed by atoms with Crippen molar-refractivity contribution in [1.29, 1.82) is 0 Å². The van der Waals surface area contributed by atoms with E-state index >= 15 is 0 Å². The molecular formula is C29H30N4O5S. The van der Waals surface area contributed by atoms with E-state index < -0.39 is 21.9 Å². The SMILES string of the molecule is CCCCc1ncc(CNc2ccccc2C(=O)O)n1Cc1ccc(C(=O)NS(=O)(=O)c2ccccc2)cc1. The van der Waals surface area contributed by atoms with Gasteiger partial charge < -0.3 is 15.0 Å². The maximum atomic E-state index is 12.6. The summed E-state index contributed by atoms with van der Waals surface area (Å²) in [6, 6.07) is 21.2. The largest absolute Gasteiger partial charge is 0.478 e. The zero-order valence-corrected chi connectivity index (χ0v) is 22.3. The van der Waals surface area contributed by atoms with Gasteiger partial charge in [0.15, 0.2) is 0 Å². The van der Waals surface area contributed by atoms with Crippen LogP contribution in [0.2, 0.25) is 0 Å². The van der Waals surface area contributed by atoms with Crippen molar-refractivity contribution in [3.63, 3.8) is 0 Å². The van der Waals surface area contributed by atoms with Gasteiger partial charge in [-0.2, -0.15) is 0 Å². The van der Waals surface area contributed by atoms with Crippen molar-refractivity contribution in [3.05, 3.63) is 113 Å². The predicted octanol–water partition coefficient (Wildman–Crippen LogP) is 4.70. The molecule has 4 rings (SSSR count). The van der Waals surface area contributed by atoms with Crippen molar-refractivity contribution in [2.45, 2.75) is 44.2 Å². The van der Waals surface area contributed by atoms with Crippen LogP contribution in [0, 0.1) is 0 Å². The van der Waals surface area contributed by atoms with Gasteiger partial charge in [0.2, 0.25) is 0 Å². The number of imidazole rings is 1. The van der Waals surface area contributed by atoms with Gasteiger partial charge in [-0.15, -0.1) is 0 Å². The lowest BCUT2D eigenvalue weighted by molar-refractivity contribution is 0.0697. The molecule has 0 aliphatic rings. The Morgan fingerprint density at radius 3 is 2.33 bits per heavy atom. The summed E-state index contributed by atoms with van der Waals surface area (Å²) in [5.41, 5.74) is 2.73. The average Bonchev–Trinajstić information content (AvgIpc) is 3.32. The molecule has 10 heteroatoms. The molecule has 0 aliphatic carbocycles. The van der Waals surface area contributed by atoms with Crippen molar-refractivity contribution in [3.8, 4) is 0 Å². The Morgan fingerprint density at radius 2 is 1.64 bits per heavy atom. The van der Waals surface area contributed by atoms with Crippen LogP contribution in [-0.4, -0.2) is 35.0 Å². The molecule has 0 unspecified atom stereocenters. The average molecular weight is 547 g/mol. The van der Waals surface area contributed by atoms with E-state index in [1.807, 2.05) is 0 Å². The molecule has 0 fully saturated rings. The first-order chi connectivity index (χ1) is 18.8. The van der Waals surface area contributed by atoms with Gasteiger partial charge in [-0.05, 0) is 48.4 Å². The van der Waals surface area contributed by atoms with E-state index in [2.05, 4.69) is 26.5 Å². The third kappa shape index (κ3) is 6.91. The van der Waals surface area contributed by atoms with Gasteiger partial charge in [0.05, 0.1) is 28.9 Å². The second-order valence-corrected chi connectivity index (χ2v) is 10.7. The number of nitrogens with zero attached hydrogens (tertiary/aromatic N) is 2. The van der Waals surface area contributed by atoms with Crippen molar-refractivity contribution in [1.82, 2.24) is 14.3 Å². The van der Waals surface area contributed by atoms with E-state index in [0.717, 1.165) is 36.3 Å². The first-order valence-corrected chi connectivity index (χ1v) is 14.1. The van der Waals surface area contributed by atoms with E-state index in [-0.39, 0.29) is 16.0 Å². The van der Waals surface area contributed by atoms with Crippen LogP contribution in [0.1, 0.15) is 57.6 Å². The molecule has 0 radical (unpaired) electrons. The number of carbonyl (C=O) groups is 2. The van der Waals surface area contributed by atoms with Crippen LogP contribution in [0.5, 0.6) is 0 Å². The van der Waals surface area contributed by atoms with Crippen LogP contribution in [0.3, 0.4) is 0 Å². The Morgan fingerprint density at radius 1 is 0.949 bits per heavy atom. The first kappa shape index (κ1) is 27.6. The number of nitrogens with one attached hydrogen (secondary N) is 2. The number of aryl methyl sites for hydroxylation is 1. The number of para-hydroxylation sites is 1. The summed E-state index contributed by atoms with van der Waals surface area (Å²) in [7, 11) is -3.97. The number of unbranched alkanes of at least 4 members (excludes halogenated alkanes) is 1. The molecule has 1 heterocycles. The fourth-order valence-corrected chi connectivity index (χ4v) is 5.11. The Labute approximate surface area is 227 Å². The third-order valence-electron chi connectivity index (χ3n) is 6.23. The molecule has 0 atom stereocenters. The van der Waals surface area contributed by atoms with Gasteiger partial charge in [0, 0.05) is 24.2 Å². The van der Waals surface area contributed by atoms with Gasteiger partial charge in [-0.1, -0.05) is 55.8 Å². The van der Waals surface area contributed by atoms with Crippen LogP contribution in [0.15, 0.2) is 90.0 Å². The molecule has 0 spiro atoms. The fraction of sp³-hybridized carbons (Fsp3) is 0.207. The highest BCUT2D eigenvalue weighted by Gasteiger charge is 2.19. The predicted molar refractivity (Wildman–Crippen MR) is 148 cm³/mol. The van der Waals surface area contributed by atoms with Crippen LogP contribution in [0.4, 0.5) is 5.69 Å². The standard InChI is InChI=1S/C29H30N4O5S/c1-2-3-13-27-31-19-23(18-30-26-12-8-7-11-25(26)29(35)36)33(27)20-21-14-16-22(17-15-21)28(34)32-39(37,38)24-9-5-4-6-10-24/h4-12,14-17,19,30H,2-3,13,18,20H2,1H3,(H,32,34)(H,35,36). The van der Waals surface area contributed by atoms with Crippen LogP contribution < -0.4 is 10.0 Å². The maximum absolute atomic E-state index is 12.6. The van der Waals surface area contributed by atoms with Gasteiger partial charge in [0.25, 0.3) is 15.9 Å². The lowest BCUT2D eigenvalue weighted by Crippen LogP contribution is -2.30. The first-order valence-electron chi connectivity index (χ1n) is 12.6. The Bertz CT molecular complexity index is 1550. The molecule has 4 aromatic rings. The minimum absolute atomic E-state index is 0.0156. The van der Waals surface area contributed by atoms with Crippen molar-refractivity contribution < 1.29 is 23.1 Å². The number of benzene rings is 3. The van der Waals surface area contributed by atoms with Crippen LogP contribution in [0.25, 0.3) is 0 Å². The summed E-state index contributed by atoms with van der Waals surface area (Å²) >= 11 is 0. The normalized spacial score (nSPS) is 11.2. The molecule has 1 aromatic heterocycles. The lowest BCUT2D eigenvalue weighted by Gasteiger charge is -2.15. The molecular weight excluding hydrogens is 516 g/mol. The molecule has 9 nitrogen and oxygen atoms in total. The zero-order chi connectivity index (χ0) is 27.8. The number of aromatic carboxylic acids is 1. The molecule has 39 heavy (non-hydrogen) atoms. The molecule has 202 valence electrons. The minimum atomic E-state index is -3.97. The highest BCUT2D eigenvalue weighted by Crippen LogP contribution is 2.19. The number of carboxylic acids is 1. The topological polar surface area (TPSA) is 130 Å². The number of aromatic nitrogens is 2. The summed E-state index contributed by atoms with van der Waals surface area (Å²) in [5, 5.41) is 12.7. The van der Waals surface area contributed by atoms with Crippen LogP contribution in [-0.2, 0) is 29.5 Å². The molecule has 0 saturated carbocycles. The molecule has 0 aliphatic heterocycles. The molecule has 1 amide bonds. The van der Waals surface area contributed by atoms with Gasteiger partial charge in [-0.3, -0.25) is 4.79 Å². The molecule has 3 aromatic carbocycles. The Balaban J connectivity index is 1.50. The number of rotatable bonds is 12. The van der Waals surface area contributed by atoms with E-state index in [4.69, 9.17) is 0 Å². The number of amides is 1. The number of hydrogen-bond donors (Lipinski definition) is 3. The Kier molecular flexibility index (Phi) is 8.77. The smallest absolute Gasteiger partial charge is 0.337 e. The quantitative estimate of drug-likeness (QED) is 0.235. The Hall–Kier alpha value is -4.44. The minimum Gasteiger partial charge on any atom is -0.478 e. The second kappa shape index (κ2) is 12.4. The number of anilines is 1. The zero-order valence-electron chi connectivity index (χ0n) is 21.5. The number of carboxylic acid groups (broad SMARTS) is 1. The highest BCUT2D eigenvalue weighted by molar-refractivity contribution is 7.90. The summed E-state index contributed by atoms with van der Waals surface area (Å²) < 4.78 is 29.2. The van der Waals surface area contributed by atoms with Gasteiger partial charge in [-0.25, -0.2) is 22.9 Å². The van der Waals surface area contributed by atoms with E-state index in [0.29, 0.717) is 18.8 Å². The monoisotopic (exact) mass is 546 g/mol. The third-order valence-corrected chi connectivity index (χ3v) is 7.58. The van der Waals surface area contributed by atoms with Crippen molar-refractivity contribution in [2.24, 2.45) is 0 Å². The summed E-state index contributed by atoms with van der Waals surface area (Å²) in [5.74, 6) is -0.800. The summed E-state index contributed by atoms with van der Waals surface area (Å²) in [4.78, 5) is 28.8. The summed E-state index contributed by atoms with van der Waals surface area (Å²) in [6.07, 6.45) is 4.57. The van der Waals surface area contributed by atoms with E-state index in [1.165, 1.54) is 12.1 Å². The number of sulfonamides is 1. The van der Waals surface area contributed by atoms with E-state index in [1.54, 1.807) is 72.9 Å². The number of hydrogen-bond acceptors (Lipinski definition) is 6. The van der Waals surface area contributed by atoms with Gasteiger partial charge in [0.1, 0.15) is 5.82 Å². The molecule has 0 saturated heterocycles. The molecule has 3 N–H and O–H groups in total.